The molecule has 2 aliphatic heterocycles. The maximum absolute atomic E-state index is 13.6. The van der Waals surface area contributed by atoms with Gasteiger partial charge in [-0.1, -0.05) is 35.7 Å². The molecule has 2 aliphatic rings. The predicted molar refractivity (Wildman–Crippen MR) is 155 cm³/mol. The lowest BCUT2D eigenvalue weighted by Crippen LogP contribution is -2.71. The van der Waals surface area contributed by atoms with Crippen molar-refractivity contribution >= 4 is 52.9 Å². The first kappa shape index (κ1) is 31.4. The summed E-state index contributed by atoms with van der Waals surface area (Å²) in [7, 11) is 1.62. The van der Waals surface area contributed by atoms with E-state index in [-0.39, 0.29) is 35.9 Å². The van der Waals surface area contributed by atoms with Crippen molar-refractivity contribution in [3.8, 4) is 0 Å². The van der Waals surface area contributed by atoms with E-state index in [1.54, 1.807) is 7.05 Å². The zero-order valence-electron chi connectivity index (χ0n) is 23.5. The van der Waals surface area contributed by atoms with Gasteiger partial charge in [0, 0.05) is 48.4 Å². The predicted octanol–water partition coefficient (Wildman–Crippen LogP) is 3.30. The number of hydrogen-bond donors (Lipinski definition) is 1. The van der Waals surface area contributed by atoms with Gasteiger partial charge in [0.1, 0.15) is 29.2 Å². The number of nitrogens with zero attached hydrogens (tertiary/aromatic N) is 7. The number of rotatable bonds is 12. The van der Waals surface area contributed by atoms with E-state index in [2.05, 4.69) is 15.5 Å². The Hall–Kier alpha value is -5.04. The Labute approximate surface area is 261 Å². The normalized spacial score (nSPS) is 19.5. The standard InChI is InChI=1S/C26H23N7O10S2/c1-14(43-25(37)42-12-16-5-9-18(10-6-16)33(40)41)20-22(34)31-21(23(35)36)19(13-44-24-27-28-29-30(24)2)45-26(20,31)11-15-3-7-17(8-4-15)32(38)39/h3-10,14,20H,11-13H2,1-2H3,(H,35,36)/t14-,20+,26-/m1/s1. The van der Waals surface area contributed by atoms with Crippen molar-refractivity contribution in [3.05, 3.63) is 90.5 Å². The number of carbonyl (C=O) groups excluding carboxylic acids is 2. The molecule has 1 fully saturated rings. The number of carbonyl (C=O) groups is 3. The monoisotopic (exact) mass is 657 g/mol. The molecule has 1 aromatic heterocycles. The van der Waals surface area contributed by atoms with Crippen LogP contribution in [0.3, 0.4) is 0 Å². The van der Waals surface area contributed by atoms with Crippen LogP contribution in [-0.4, -0.2) is 74.8 Å². The molecule has 0 bridgehead atoms. The Kier molecular flexibility index (Phi) is 8.73. The number of non-ortho nitro benzene ring substituents is 2. The van der Waals surface area contributed by atoms with Crippen molar-refractivity contribution in [1.29, 1.82) is 0 Å². The zero-order chi connectivity index (χ0) is 32.5. The number of aryl methyl sites for hydroxylation is 1. The molecular weight excluding hydrogens is 634 g/mol. The molecule has 2 aromatic carbocycles. The first-order chi connectivity index (χ1) is 21.4. The third kappa shape index (κ3) is 6.16. The lowest BCUT2D eigenvalue weighted by molar-refractivity contribution is -0.385. The number of β-lactam (4-membered cyclic amide) rings is 1. The molecule has 45 heavy (non-hydrogen) atoms. The van der Waals surface area contributed by atoms with Crippen molar-refractivity contribution in [2.75, 3.05) is 5.75 Å². The maximum atomic E-state index is 13.6. The first-order valence-corrected chi connectivity index (χ1v) is 14.9. The summed E-state index contributed by atoms with van der Waals surface area (Å²) in [6.45, 7) is 1.24. The van der Waals surface area contributed by atoms with Gasteiger partial charge in [0.05, 0.1) is 9.85 Å². The molecule has 17 nitrogen and oxygen atoms in total. The highest BCUT2D eigenvalue weighted by Crippen LogP contribution is 2.61. The number of fused-ring (bicyclic) bond motifs is 1. The average molecular weight is 658 g/mol. The minimum absolute atomic E-state index is 0.0775. The summed E-state index contributed by atoms with van der Waals surface area (Å²) in [6.07, 6.45) is -2.10. The molecule has 19 heteroatoms. The van der Waals surface area contributed by atoms with Gasteiger partial charge in [0.2, 0.25) is 11.1 Å². The van der Waals surface area contributed by atoms with E-state index in [1.807, 2.05) is 0 Å². The molecule has 1 amide bonds. The van der Waals surface area contributed by atoms with Crippen molar-refractivity contribution in [2.24, 2.45) is 13.0 Å². The molecule has 1 saturated heterocycles. The molecule has 1 N–H and O–H groups in total. The number of nitro groups is 2. The van der Waals surface area contributed by atoms with Crippen LogP contribution in [0.1, 0.15) is 18.1 Å². The summed E-state index contributed by atoms with van der Waals surface area (Å²) in [6, 6.07) is 11.0. The number of carboxylic acid groups (broad SMARTS) is 1. The fraction of sp³-hybridized carbons (Fsp3) is 0.308. The molecule has 0 saturated carbocycles. The number of amides is 1. The van der Waals surface area contributed by atoms with Crippen LogP contribution in [0.25, 0.3) is 0 Å². The van der Waals surface area contributed by atoms with E-state index in [4.69, 9.17) is 9.47 Å². The molecule has 3 aromatic rings. The summed E-state index contributed by atoms with van der Waals surface area (Å²) < 4.78 is 12.1. The third-order valence-corrected chi connectivity index (χ3v) is 9.85. The first-order valence-electron chi connectivity index (χ1n) is 13.1. The lowest BCUT2D eigenvalue weighted by Gasteiger charge is -2.54. The van der Waals surface area contributed by atoms with Crippen LogP contribution in [0.5, 0.6) is 0 Å². The van der Waals surface area contributed by atoms with E-state index in [9.17, 15) is 39.7 Å². The highest BCUT2D eigenvalue weighted by atomic mass is 32.2. The average Bonchev–Trinajstić information content (AvgIpc) is 3.53. The number of hydrogen-bond acceptors (Lipinski definition) is 14. The Balaban J connectivity index is 1.37. The van der Waals surface area contributed by atoms with Crippen LogP contribution in [0.15, 0.2) is 64.3 Å². The number of thioether (sulfide) groups is 2. The summed E-state index contributed by atoms with van der Waals surface area (Å²) in [5.74, 6) is -2.82. The molecule has 0 radical (unpaired) electrons. The Morgan fingerprint density at radius 1 is 1.09 bits per heavy atom. The highest BCUT2D eigenvalue weighted by Gasteiger charge is 2.69. The molecule has 3 heterocycles. The fourth-order valence-electron chi connectivity index (χ4n) is 5.10. The lowest BCUT2D eigenvalue weighted by atomic mass is 9.78. The number of aromatic nitrogens is 4. The van der Waals surface area contributed by atoms with Crippen LogP contribution >= 0.6 is 23.5 Å². The second kappa shape index (κ2) is 12.5. The quantitative estimate of drug-likeness (QED) is 0.0970. The van der Waals surface area contributed by atoms with E-state index >= 15 is 0 Å². The van der Waals surface area contributed by atoms with Gasteiger partial charge in [0.25, 0.3) is 11.4 Å². The highest BCUT2D eigenvalue weighted by molar-refractivity contribution is 8.07. The SMILES string of the molecule is C[C@@H](OC(=O)OCc1ccc([N+](=O)[O-])cc1)[C@H]1C(=O)N2C(C(=O)O)=C(CSc3nnnn3C)S[C@]12Cc1ccc([N+](=O)[O-])cc1. The van der Waals surface area contributed by atoms with E-state index < -0.39 is 44.8 Å². The van der Waals surface area contributed by atoms with Crippen LogP contribution < -0.4 is 0 Å². The van der Waals surface area contributed by atoms with Gasteiger partial charge in [-0.2, -0.15) is 0 Å². The van der Waals surface area contributed by atoms with Gasteiger partial charge in [-0.3, -0.25) is 29.9 Å². The van der Waals surface area contributed by atoms with Crippen molar-refractivity contribution in [2.45, 2.75) is 36.1 Å². The van der Waals surface area contributed by atoms with Gasteiger partial charge < -0.3 is 14.6 Å². The summed E-state index contributed by atoms with van der Waals surface area (Å²) >= 11 is 2.31. The van der Waals surface area contributed by atoms with E-state index in [0.29, 0.717) is 21.2 Å². The number of aliphatic carboxylic acids is 1. The van der Waals surface area contributed by atoms with Crippen LogP contribution in [0.2, 0.25) is 0 Å². The van der Waals surface area contributed by atoms with Crippen molar-refractivity contribution < 1.29 is 38.8 Å². The zero-order valence-corrected chi connectivity index (χ0v) is 25.1. The molecule has 0 unspecified atom stereocenters. The van der Waals surface area contributed by atoms with Gasteiger partial charge in [-0.15, -0.1) is 5.10 Å². The number of carboxylic acids is 1. The van der Waals surface area contributed by atoms with Crippen LogP contribution in [0, 0.1) is 26.1 Å². The second-order valence-electron chi connectivity index (χ2n) is 9.93. The summed E-state index contributed by atoms with van der Waals surface area (Å²) in [4.78, 5) is 60.0. The minimum Gasteiger partial charge on any atom is -0.477 e. The van der Waals surface area contributed by atoms with E-state index in [0.717, 1.165) is 11.8 Å². The Morgan fingerprint density at radius 3 is 2.22 bits per heavy atom. The smallest absolute Gasteiger partial charge is 0.477 e. The summed E-state index contributed by atoms with van der Waals surface area (Å²) in [5, 5.41) is 43.9. The minimum atomic E-state index is -1.33. The van der Waals surface area contributed by atoms with Gasteiger partial charge in [-0.05, 0) is 40.6 Å². The maximum Gasteiger partial charge on any atom is 0.508 e. The summed E-state index contributed by atoms with van der Waals surface area (Å²) in [5.41, 5.74) is 0.557. The second-order valence-corrected chi connectivity index (χ2v) is 12.3. The molecule has 0 aliphatic carbocycles. The van der Waals surface area contributed by atoms with Crippen LogP contribution in [-0.2, 0) is 39.1 Å². The van der Waals surface area contributed by atoms with Crippen molar-refractivity contribution in [3.63, 3.8) is 0 Å². The topological polar surface area (TPSA) is 223 Å². The van der Waals surface area contributed by atoms with Crippen LogP contribution in [0.4, 0.5) is 16.2 Å². The number of tetrazole rings is 1. The molecule has 0 spiro atoms. The largest absolute Gasteiger partial charge is 0.508 e. The molecule has 3 atom stereocenters. The van der Waals surface area contributed by atoms with Crippen molar-refractivity contribution in [1.82, 2.24) is 25.1 Å². The van der Waals surface area contributed by atoms with E-state index in [1.165, 1.54) is 76.8 Å². The number of nitro benzene ring substituents is 2. The molecular formula is C26H23N7O10S2. The Bertz CT molecular complexity index is 1710. The third-order valence-electron chi connectivity index (χ3n) is 7.11. The van der Waals surface area contributed by atoms with Gasteiger partial charge in [0.15, 0.2) is 0 Å². The fourth-order valence-corrected chi connectivity index (χ4v) is 7.86. The molecule has 234 valence electrons. The van der Waals surface area contributed by atoms with Gasteiger partial charge in [-0.25, -0.2) is 14.3 Å². The number of ether oxygens (including phenoxy) is 2. The van der Waals surface area contributed by atoms with Gasteiger partial charge >= 0.3 is 12.1 Å². The molecule has 5 rings (SSSR count). The number of benzene rings is 2. The Morgan fingerprint density at radius 2 is 1.69 bits per heavy atom.